The van der Waals surface area contributed by atoms with E-state index in [2.05, 4.69) is 9.97 Å². The molecule has 0 saturated heterocycles. The van der Waals surface area contributed by atoms with E-state index in [1.807, 2.05) is 13.8 Å². The molecule has 1 N–H and O–H groups in total. The highest BCUT2D eigenvalue weighted by molar-refractivity contribution is 7.91. The number of aromatic amines is 1. The summed E-state index contributed by atoms with van der Waals surface area (Å²) in [6.45, 7) is 6.98. The SMILES string of the molecule is Cc1cc(=O)[nH]c(C(C)S(=O)(=O)c2ccc(C)c(C)c2)n1. The van der Waals surface area contributed by atoms with Crippen LogP contribution in [-0.4, -0.2) is 18.4 Å². The van der Waals surface area contributed by atoms with E-state index in [4.69, 9.17) is 0 Å². The second-order valence-electron chi connectivity index (χ2n) is 5.21. The fraction of sp³-hybridized carbons (Fsp3) is 0.333. The number of aromatic nitrogens is 2. The zero-order valence-electron chi connectivity index (χ0n) is 12.5. The smallest absolute Gasteiger partial charge is 0.251 e. The molecule has 2 aromatic rings. The lowest BCUT2D eigenvalue weighted by Gasteiger charge is -2.13. The van der Waals surface area contributed by atoms with Gasteiger partial charge in [-0.1, -0.05) is 6.07 Å². The zero-order valence-corrected chi connectivity index (χ0v) is 13.3. The average molecular weight is 306 g/mol. The third kappa shape index (κ3) is 3.05. The molecule has 0 bridgehead atoms. The molecule has 6 heteroatoms. The molecule has 1 unspecified atom stereocenters. The van der Waals surface area contributed by atoms with Crippen molar-refractivity contribution in [1.82, 2.24) is 9.97 Å². The van der Waals surface area contributed by atoms with Crippen LogP contribution in [0.1, 0.15) is 34.8 Å². The van der Waals surface area contributed by atoms with E-state index >= 15 is 0 Å². The van der Waals surface area contributed by atoms with Crippen molar-refractivity contribution in [2.24, 2.45) is 0 Å². The number of sulfone groups is 1. The van der Waals surface area contributed by atoms with Gasteiger partial charge in [-0.05, 0) is 51.0 Å². The molecule has 0 saturated carbocycles. The molecule has 2 rings (SSSR count). The molecule has 0 spiro atoms. The summed E-state index contributed by atoms with van der Waals surface area (Å²) in [5.41, 5.74) is 2.09. The van der Waals surface area contributed by atoms with Gasteiger partial charge in [0.25, 0.3) is 5.56 Å². The second-order valence-corrected chi connectivity index (χ2v) is 7.47. The Morgan fingerprint density at radius 1 is 1.10 bits per heavy atom. The van der Waals surface area contributed by atoms with E-state index in [-0.39, 0.29) is 16.3 Å². The predicted octanol–water partition coefficient (Wildman–Crippen LogP) is 2.23. The molecule has 1 atom stereocenters. The highest BCUT2D eigenvalue weighted by Gasteiger charge is 2.27. The third-order valence-electron chi connectivity index (χ3n) is 3.55. The summed E-state index contributed by atoms with van der Waals surface area (Å²) in [6, 6.07) is 6.34. The summed E-state index contributed by atoms with van der Waals surface area (Å²) in [5.74, 6) is 0.165. The maximum atomic E-state index is 12.7. The lowest BCUT2D eigenvalue weighted by molar-refractivity contribution is 0.582. The molecule has 0 radical (unpaired) electrons. The van der Waals surface area contributed by atoms with Crippen LogP contribution >= 0.6 is 0 Å². The van der Waals surface area contributed by atoms with Crippen molar-refractivity contribution < 1.29 is 8.42 Å². The van der Waals surface area contributed by atoms with Gasteiger partial charge < -0.3 is 4.98 Å². The van der Waals surface area contributed by atoms with Crippen molar-refractivity contribution >= 4 is 9.84 Å². The first kappa shape index (κ1) is 15.4. The topological polar surface area (TPSA) is 79.9 Å². The molecule has 0 aliphatic rings. The van der Waals surface area contributed by atoms with E-state index in [1.165, 1.54) is 13.0 Å². The molecule has 5 nitrogen and oxygen atoms in total. The van der Waals surface area contributed by atoms with E-state index in [0.717, 1.165) is 11.1 Å². The van der Waals surface area contributed by atoms with Gasteiger partial charge in [0.2, 0.25) is 0 Å². The molecule has 1 aromatic carbocycles. The van der Waals surface area contributed by atoms with Crippen LogP contribution < -0.4 is 5.56 Å². The van der Waals surface area contributed by atoms with Crippen LogP contribution in [0.15, 0.2) is 34.0 Å². The van der Waals surface area contributed by atoms with Gasteiger partial charge in [-0.3, -0.25) is 4.79 Å². The highest BCUT2D eigenvalue weighted by atomic mass is 32.2. The highest BCUT2D eigenvalue weighted by Crippen LogP contribution is 2.27. The number of H-pyrrole nitrogens is 1. The molecule has 0 aliphatic heterocycles. The van der Waals surface area contributed by atoms with Gasteiger partial charge in [-0.2, -0.15) is 0 Å². The van der Waals surface area contributed by atoms with Crippen LogP contribution in [0.5, 0.6) is 0 Å². The Labute approximate surface area is 124 Å². The fourth-order valence-corrected chi connectivity index (χ4v) is 3.45. The van der Waals surface area contributed by atoms with Crippen LogP contribution in [0.25, 0.3) is 0 Å². The van der Waals surface area contributed by atoms with Crippen molar-refractivity contribution in [2.45, 2.75) is 37.8 Å². The predicted molar refractivity (Wildman–Crippen MR) is 81.1 cm³/mol. The first-order valence-corrected chi connectivity index (χ1v) is 8.15. The Bertz CT molecular complexity index is 838. The van der Waals surface area contributed by atoms with Crippen molar-refractivity contribution in [2.75, 3.05) is 0 Å². The van der Waals surface area contributed by atoms with E-state index in [0.29, 0.717) is 5.69 Å². The van der Waals surface area contributed by atoms with Crippen molar-refractivity contribution in [3.05, 3.63) is 57.3 Å². The zero-order chi connectivity index (χ0) is 15.8. The summed E-state index contributed by atoms with van der Waals surface area (Å²) in [7, 11) is -3.60. The van der Waals surface area contributed by atoms with Gasteiger partial charge >= 0.3 is 0 Å². The number of aryl methyl sites for hydroxylation is 3. The molecule has 21 heavy (non-hydrogen) atoms. The lowest BCUT2D eigenvalue weighted by atomic mass is 10.1. The van der Waals surface area contributed by atoms with Crippen LogP contribution in [0, 0.1) is 20.8 Å². The maximum Gasteiger partial charge on any atom is 0.251 e. The number of nitrogens with zero attached hydrogens (tertiary/aromatic N) is 1. The van der Waals surface area contributed by atoms with Gasteiger partial charge in [-0.15, -0.1) is 0 Å². The number of nitrogens with one attached hydrogen (secondary N) is 1. The Kier molecular flexibility index (Phi) is 4.00. The summed E-state index contributed by atoms with van der Waals surface area (Å²) in [5, 5.41) is -0.910. The Morgan fingerprint density at radius 3 is 2.33 bits per heavy atom. The average Bonchev–Trinajstić information content (AvgIpc) is 2.39. The van der Waals surface area contributed by atoms with Crippen LogP contribution in [0.4, 0.5) is 0 Å². The van der Waals surface area contributed by atoms with Crippen molar-refractivity contribution in [1.29, 1.82) is 0 Å². The quantitative estimate of drug-likeness (QED) is 0.943. The standard InChI is InChI=1S/C15H18N2O3S/c1-9-5-6-13(7-10(9)2)21(19,20)12(4)15-16-11(3)8-14(18)17-15/h5-8,12H,1-4H3,(H,16,17,18). The van der Waals surface area contributed by atoms with Gasteiger partial charge in [0.1, 0.15) is 11.1 Å². The van der Waals surface area contributed by atoms with E-state index in [1.54, 1.807) is 25.1 Å². The number of hydrogen-bond acceptors (Lipinski definition) is 4. The molecule has 1 heterocycles. The van der Waals surface area contributed by atoms with Gasteiger partial charge in [-0.25, -0.2) is 13.4 Å². The van der Waals surface area contributed by atoms with Crippen LogP contribution in [-0.2, 0) is 9.84 Å². The Morgan fingerprint density at radius 2 is 1.76 bits per heavy atom. The van der Waals surface area contributed by atoms with Crippen LogP contribution in [0.3, 0.4) is 0 Å². The number of rotatable bonds is 3. The fourth-order valence-electron chi connectivity index (χ4n) is 2.04. The summed E-state index contributed by atoms with van der Waals surface area (Å²) >= 11 is 0. The van der Waals surface area contributed by atoms with Crippen molar-refractivity contribution in [3.8, 4) is 0 Å². The molecule has 0 amide bonds. The molecule has 112 valence electrons. The minimum absolute atomic E-state index is 0.165. The first-order valence-electron chi connectivity index (χ1n) is 6.61. The number of benzene rings is 1. The van der Waals surface area contributed by atoms with Gasteiger partial charge in [0, 0.05) is 11.8 Å². The second kappa shape index (κ2) is 5.44. The summed E-state index contributed by atoms with van der Waals surface area (Å²) < 4.78 is 25.3. The summed E-state index contributed by atoms with van der Waals surface area (Å²) in [4.78, 5) is 18.4. The van der Waals surface area contributed by atoms with Gasteiger partial charge in [0.05, 0.1) is 4.90 Å². The molecular formula is C15H18N2O3S. The summed E-state index contributed by atoms with van der Waals surface area (Å²) in [6.07, 6.45) is 0. The monoisotopic (exact) mass is 306 g/mol. The molecule has 0 fully saturated rings. The maximum absolute atomic E-state index is 12.7. The Balaban J connectivity index is 2.52. The van der Waals surface area contributed by atoms with E-state index < -0.39 is 15.1 Å². The molecule has 0 aliphatic carbocycles. The largest absolute Gasteiger partial charge is 0.309 e. The van der Waals surface area contributed by atoms with Gasteiger partial charge in [0.15, 0.2) is 9.84 Å². The normalized spacial score (nSPS) is 13.1. The number of hydrogen-bond donors (Lipinski definition) is 1. The minimum atomic E-state index is -3.60. The molecular weight excluding hydrogens is 288 g/mol. The first-order chi connectivity index (χ1) is 9.71. The third-order valence-corrected chi connectivity index (χ3v) is 5.61. The molecule has 1 aromatic heterocycles. The van der Waals surface area contributed by atoms with Crippen LogP contribution in [0.2, 0.25) is 0 Å². The van der Waals surface area contributed by atoms with E-state index in [9.17, 15) is 13.2 Å². The lowest BCUT2D eigenvalue weighted by Crippen LogP contribution is -2.19. The van der Waals surface area contributed by atoms with Crippen molar-refractivity contribution in [3.63, 3.8) is 0 Å². The Hall–Kier alpha value is -1.95. The minimum Gasteiger partial charge on any atom is -0.309 e.